The Bertz CT molecular complexity index is 1260. The molecule has 0 saturated carbocycles. The fourth-order valence-corrected chi connectivity index (χ4v) is 4.31. The highest BCUT2D eigenvalue weighted by Crippen LogP contribution is 2.42. The van der Waals surface area contributed by atoms with Gasteiger partial charge in [0.2, 0.25) is 5.88 Å². The third-order valence-corrected chi connectivity index (χ3v) is 5.79. The van der Waals surface area contributed by atoms with E-state index in [1.165, 1.54) is 7.11 Å². The molecule has 2 aromatic heterocycles. The molecule has 0 unspecified atom stereocenters. The van der Waals surface area contributed by atoms with Crippen LogP contribution in [0.3, 0.4) is 0 Å². The van der Waals surface area contributed by atoms with Gasteiger partial charge in [-0.05, 0) is 18.2 Å². The summed E-state index contributed by atoms with van der Waals surface area (Å²) >= 11 is 3.54. The number of carbonyl (C=O) groups is 1. The fourth-order valence-electron chi connectivity index (χ4n) is 3.91. The van der Waals surface area contributed by atoms with Crippen LogP contribution in [-0.4, -0.2) is 44.4 Å². The molecule has 152 valence electrons. The van der Waals surface area contributed by atoms with Crippen molar-refractivity contribution in [3.63, 3.8) is 0 Å². The van der Waals surface area contributed by atoms with Gasteiger partial charge in [-0.3, -0.25) is 0 Å². The molecule has 30 heavy (non-hydrogen) atoms. The summed E-state index contributed by atoms with van der Waals surface area (Å²) in [7, 11) is 1.39. The number of hydrogen-bond acceptors (Lipinski definition) is 6. The quantitative estimate of drug-likeness (QED) is 0.394. The van der Waals surface area contributed by atoms with Crippen molar-refractivity contribution in [2.75, 3.05) is 38.3 Å². The highest BCUT2D eigenvalue weighted by Gasteiger charge is 2.30. The largest absolute Gasteiger partial charge is 0.465 e. The standard InChI is InChI=1S/C23H19BrN2O4/c1-28-23(27)19-18-16-7-2-3-8-17(16)25-20(14-5-4-6-15(24)13-14)21(18)30-22(19)26-9-11-29-12-10-26/h2-8,13H,9-12H2,1H3. The first-order chi connectivity index (χ1) is 14.7. The molecule has 6 nitrogen and oxygen atoms in total. The van der Waals surface area contributed by atoms with E-state index in [0.29, 0.717) is 49.0 Å². The monoisotopic (exact) mass is 466 g/mol. The van der Waals surface area contributed by atoms with Crippen molar-refractivity contribution in [2.45, 2.75) is 0 Å². The number of fused-ring (bicyclic) bond motifs is 3. The number of hydrogen-bond donors (Lipinski definition) is 0. The Morgan fingerprint density at radius 1 is 1.13 bits per heavy atom. The molecule has 1 saturated heterocycles. The average Bonchev–Trinajstić information content (AvgIpc) is 3.19. The summed E-state index contributed by atoms with van der Waals surface area (Å²) in [5, 5.41) is 1.58. The molecule has 1 aliphatic heterocycles. The predicted octanol–water partition coefficient (Wildman–Crippen LogP) is 5.03. The number of esters is 1. The van der Waals surface area contributed by atoms with Crippen LogP contribution in [0.25, 0.3) is 33.1 Å². The fraction of sp³-hybridized carbons (Fsp3) is 0.217. The molecular weight excluding hydrogens is 448 g/mol. The summed E-state index contributed by atoms with van der Waals surface area (Å²) in [6.45, 7) is 2.44. The molecule has 1 fully saturated rings. The van der Waals surface area contributed by atoms with Gasteiger partial charge in [0.25, 0.3) is 0 Å². The van der Waals surface area contributed by atoms with Crippen LogP contribution < -0.4 is 4.90 Å². The second-order valence-electron chi connectivity index (χ2n) is 7.07. The lowest BCUT2D eigenvalue weighted by Gasteiger charge is -2.26. The highest BCUT2D eigenvalue weighted by molar-refractivity contribution is 9.10. The Labute approximate surface area is 181 Å². The molecule has 0 N–H and O–H groups in total. The van der Waals surface area contributed by atoms with Crippen LogP contribution in [0.1, 0.15) is 10.4 Å². The number of ether oxygens (including phenoxy) is 2. The van der Waals surface area contributed by atoms with Gasteiger partial charge in [-0.1, -0.05) is 46.3 Å². The number of methoxy groups -OCH3 is 1. The average molecular weight is 467 g/mol. The predicted molar refractivity (Wildman–Crippen MR) is 119 cm³/mol. The Balaban J connectivity index is 1.89. The summed E-state index contributed by atoms with van der Waals surface area (Å²) in [6, 6.07) is 15.7. The minimum absolute atomic E-state index is 0.424. The zero-order valence-electron chi connectivity index (χ0n) is 16.4. The third-order valence-electron chi connectivity index (χ3n) is 5.30. The first kappa shape index (κ1) is 19.1. The zero-order chi connectivity index (χ0) is 20.7. The van der Waals surface area contributed by atoms with E-state index >= 15 is 0 Å². The maximum Gasteiger partial charge on any atom is 0.344 e. The first-order valence-electron chi connectivity index (χ1n) is 9.69. The Morgan fingerprint density at radius 3 is 2.70 bits per heavy atom. The van der Waals surface area contributed by atoms with Gasteiger partial charge in [0.15, 0.2) is 5.58 Å². The van der Waals surface area contributed by atoms with Crippen LogP contribution in [0.15, 0.2) is 57.4 Å². The van der Waals surface area contributed by atoms with E-state index in [-0.39, 0.29) is 0 Å². The molecule has 0 amide bonds. The van der Waals surface area contributed by atoms with Crippen molar-refractivity contribution in [1.29, 1.82) is 0 Å². The summed E-state index contributed by atoms with van der Waals surface area (Å²) in [5.41, 5.74) is 3.39. The molecule has 7 heteroatoms. The van der Waals surface area contributed by atoms with Gasteiger partial charge < -0.3 is 18.8 Å². The molecule has 2 aromatic carbocycles. The van der Waals surface area contributed by atoms with Gasteiger partial charge in [-0.25, -0.2) is 9.78 Å². The Morgan fingerprint density at radius 2 is 1.93 bits per heavy atom. The Kier molecular flexibility index (Phi) is 4.92. The van der Waals surface area contributed by atoms with Crippen LogP contribution in [0, 0.1) is 0 Å². The van der Waals surface area contributed by atoms with Crippen molar-refractivity contribution < 1.29 is 18.7 Å². The number of rotatable bonds is 3. The summed E-state index contributed by atoms with van der Waals surface area (Å²) in [4.78, 5) is 19.9. The number of benzene rings is 2. The summed E-state index contributed by atoms with van der Waals surface area (Å²) in [6.07, 6.45) is 0. The number of aromatic nitrogens is 1. The molecule has 1 aliphatic rings. The number of furan rings is 1. The second kappa shape index (κ2) is 7.74. The molecule has 0 atom stereocenters. The number of pyridine rings is 1. The smallest absolute Gasteiger partial charge is 0.344 e. The zero-order valence-corrected chi connectivity index (χ0v) is 17.9. The number of para-hydroxylation sites is 1. The molecular formula is C23H19BrN2O4. The van der Waals surface area contributed by atoms with E-state index in [0.717, 1.165) is 26.3 Å². The van der Waals surface area contributed by atoms with Crippen molar-refractivity contribution >= 4 is 49.7 Å². The summed E-state index contributed by atoms with van der Waals surface area (Å²) < 4.78 is 18.0. The van der Waals surface area contributed by atoms with E-state index in [1.54, 1.807) is 0 Å². The van der Waals surface area contributed by atoms with Gasteiger partial charge in [0, 0.05) is 33.9 Å². The number of morpholine rings is 1. The van der Waals surface area contributed by atoms with E-state index in [4.69, 9.17) is 18.9 Å². The number of nitrogens with zero attached hydrogens (tertiary/aromatic N) is 2. The molecule has 0 bridgehead atoms. The van der Waals surface area contributed by atoms with Crippen molar-refractivity contribution in [3.05, 3.63) is 58.6 Å². The van der Waals surface area contributed by atoms with Gasteiger partial charge in [-0.2, -0.15) is 0 Å². The van der Waals surface area contributed by atoms with E-state index < -0.39 is 5.97 Å². The minimum atomic E-state index is -0.424. The van der Waals surface area contributed by atoms with E-state index in [9.17, 15) is 4.79 Å². The molecule has 0 aliphatic carbocycles. The van der Waals surface area contributed by atoms with E-state index in [1.807, 2.05) is 53.4 Å². The van der Waals surface area contributed by atoms with Gasteiger partial charge in [0.1, 0.15) is 11.3 Å². The normalized spacial score (nSPS) is 14.4. The Hall–Kier alpha value is -2.90. The lowest BCUT2D eigenvalue weighted by Crippen LogP contribution is -2.36. The van der Waals surface area contributed by atoms with E-state index in [2.05, 4.69) is 15.9 Å². The third kappa shape index (κ3) is 3.14. The van der Waals surface area contributed by atoms with Crippen LogP contribution in [-0.2, 0) is 9.47 Å². The highest BCUT2D eigenvalue weighted by atomic mass is 79.9. The lowest BCUT2D eigenvalue weighted by atomic mass is 10.0. The molecule has 0 radical (unpaired) electrons. The number of carbonyl (C=O) groups excluding carboxylic acids is 1. The molecule has 3 heterocycles. The topological polar surface area (TPSA) is 64.8 Å². The van der Waals surface area contributed by atoms with Crippen LogP contribution >= 0.6 is 15.9 Å². The van der Waals surface area contributed by atoms with Gasteiger partial charge >= 0.3 is 5.97 Å². The van der Waals surface area contributed by atoms with Crippen LogP contribution in [0.4, 0.5) is 5.88 Å². The summed E-state index contributed by atoms with van der Waals surface area (Å²) in [5.74, 6) is 0.0846. The van der Waals surface area contributed by atoms with Crippen molar-refractivity contribution in [3.8, 4) is 11.3 Å². The number of halogens is 1. The maximum absolute atomic E-state index is 12.9. The van der Waals surface area contributed by atoms with Crippen LogP contribution in [0.5, 0.6) is 0 Å². The number of anilines is 1. The molecule has 5 rings (SSSR count). The maximum atomic E-state index is 12.9. The second-order valence-corrected chi connectivity index (χ2v) is 7.98. The molecule has 4 aromatic rings. The molecule has 0 spiro atoms. The van der Waals surface area contributed by atoms with Gasteiger partial charge in [-0.15, -0.1) is 0 Å². The van der Waals surface area contributed by atoms with Crippen molar-refractivity contribution in [2.24, 2.45) is 0 Å². The first-order valence-corrected chi connectivity index (χ1v) is 10.5. The van der Waals surface area contributed by atoms with Gasteiger partial charge in [0.05, 0.1) is 25.8 Å². The minimum Gasteiger partial charge on any atom is -0.465 e. The lowest BCUT2D eigenvalue weighted by molar-refractivity contribution is 0.0601. The van der Waals surface area contributed by atoms with Crippen molar-refractivity contribution in [1.82, 2.24) is 4.98 Å². The SMILES string of the molecule is COC(=O)c1c(N2CCOCC2)oc2c(-c3cccc(Br)c3)nc3ccccc3c12. The van der Waals surface area contributed by atoms with Crippen LogP contribution in [0.2, 0.25) is 0 Å².